The average molecular weight is 278 g/mol. The Morgan fingerprint density at radius 1 is 1.40 bits per heavy atom. The van der Waals surface area contributed by atoms with Crippen molar-refractivity contribution in [3.8, 4) is 5.75 Å². The molecule has 1 aromatic heterocycles. The largest absolute Gasteiger partial charge is 0.486 e. The lowest BCUT2D eigenvalue weighted by atomic mass is 10.2. The Morgan fingerprint density at radius 2 is 2.25 bits per heavy atom. The van der Waals surface area contributed by atoms with E-state index in [0.29, 0.717) is 24.2 Å². The van der Waals surface area contributed by atoms with Gasteiger partial charge in [0.2, 0.25) is 11.7 Å². The molecular weight excluding hydrogens is 256 g/mol. The third kappa shape index (κ3) is 2.45. The maximum Gasteiger partial charge on any atom is 0.224 e. The maximum atomic E-state index is 5.98. The summed E-state index contributed by atoms with van der Waals surface area (Å²) < 4.78 is 5.89. The predicted octanol–water partition coefficient (Wildman–Crippen LogP) is 0.569. The lowest BCUT2D eigenvalue weighted by molar-refractivity contribution is 0.310. The Labute approximate surface area is 118 Å². The van der Waals surface area contributed by atoms with Crippen LogP contribution in [0.25, 0.3) is 0 Å². The summed E-state index contributed by atoms with van der Waals surface area (Å²) in [7, 11) is 0. The summed E-state index contributed by atoms with van der Waals surface area (Å²) in [6.45, 7) is 4.47. The highest BCUT2D eigenvalue weighted by Gasteiger charge is 2.28. The number of nitrogens with zero attached hydrogens (tertiary/aromatic N) is 3. The minimum absolute atomic E-state index is 0.184. The Hall–Kier alpha value is -1.76. The van der Waals surface area contributed by atoms with Crippen LogP contribution in [0.2, 0.25) is 0 Å². The summed E-state index contributed by atoms with van der Waals surface area (Å²) in [5.41, 5.74) is 11.8. The van der Waals surface area contributed by atoms with Crippen molar-refractivity contribution in [2.75, 3.05) is 35.6 Å². The van der Waals surface area contributed by atoms with Gasteiger partial charge in [0.05, 0.1) is 6.61 Å². The first-order valence-electron chi connectivity index (χ1n) is 7.24. The molecule has 3 rings (SSSR count). The summed E-state index contributed by atoms with van der Waals surface area (Å²) in [5.74, 6) is 2.46. The van der Waals surface area contributed by atoms with Gasteiger partial charge in [-0.2, -0.15) is 9.97 Å². The van der Waals surface area contributed by atoms with Crippen LogP contribution in [0.4, 0.5) is 17.6 Å². The average Bonchev–Trinajstić information content (AvgIpc) is 2.74. The minimum Gasteiger partial charge on any atom is -0.486 e. The minimum atomic E-state index is 0.184. The normalized spacial score (nSPS) is 25.6. The Balaban J connectivity index is 1.96. The zero-order valence-electron chi connectivity index (χ0n) is 11.8. The first kappa shape index (κ1) is 13.2. The summed E-state index contributed by atoms with van der Waals surface area (Å²) >= 11 is 0. The van der Waals surface area contributed by atoms with E-state index < -0.39 is 0 Å². The van der Waals surface area contributed by atoms with E-state index in [1.54, 1.807) is 0 Å². The number of rotatable bonds is 2. The van der Waals surface area contributed by atoms with Crippen LogP contribution in [-0.4, -0.2) is 41.7 Å². The van der Waals surface area contributed by atoms with Crippen LogP contribution in [0.3, 0.4) is 0 Å². The fourth-order valence-electron chi connectivity index (χ4n) is 2.76. The summed E-state index contributed by atoms with van der Waals surface area (Å²) in [6, 6.07) is 0.545. The van der Waals surface area contributed by atoms with E-state index in [0.717, 1.165) is 38.2 Å². The van der Waals surface area contributed by atoms with Gasteiger partial charge in [0.1, 0.15) is 0 Å². The molecule has 0 unspecified atom stereocenters. The Bertz CT molecular complexity index is 494. The second-order valence-electron chi connectivity index (χ2n) is 5.46. The zero-order valence-corrected chi connectivity index (χ0v) is 11.8. The summed E-state index contributed by atoms with van der Waals surface area (Å²) in [4.78, 5) is 10.8. The van der Waals surface area contributed by atoms with Crippen LogP contribution in [-0.2, 0) is 0 Å². The van der Waals surface area contributed by atoms with Gasteiger partial charge < -0.3 is 26.4 Å². The number of ether oxygens (including phenoxy) is 1. The van der Waals surface area contributed by atoms with E-state index in [1.165, 1.54) is 0 Å². The van der Waals surface area contributed by atoms with Crippen LogP contribution in [0.1, 0.15) is 26.2 Å². The number of anilines is 3. The van der Waals surface area contributed by atoms with Crippen molar-refractivity contribution in [2.24, 2.45) is 5.73 Å². The number of hydrogen-bond acceptors (Lipinski definition) is 7. The molecule has 2 aliphatic rings. The van der Waals surface area contributed by atoms with E-state index in [9.17, 15) is 0 Å². The number of nitrogens with two attached hydrogens (primary N) is 2. The molecule has 1 aromatic rings. The van der Waals surface area contributed by atoms with Crippen LogP contribution < -0.4 is 26.4 Å². The molecule has 20 heavy (non-hydrogen) atoms. The monoisotopic (exact) mass is 278 g/mol. The third-order valence-electron chi connectivity index (χ3n) is 3.94. The fraction of sp³-hybridized carbons (Fsp3) is 0.692. The SMILES string of the molecule is CC[C@@H]1CCOc2c(nc(N)nc2N2CC[C@@H](N)C2)N1. The molecular formula is C13H22N6O. The maximum absolute atomic E-state index is 5.98. The van der Waals surface area contributed by atoms with Crippen molar-refractivity contribution in [1.82, 2.24) is 9.97 Å². The molecule has 0 radical (unpaired) electrons. The molecule has 0 aromatic carbocycles. The van der Waals surface area contributed by atoms with Crippen molar-refractivity contribution in [2.45, 2.75) is 38.3 Å². The van der Waals surface area contributed by atoms with E-state index >= 15 is 0 Å². The molecule has 0 saturated carbocycles. The lowest BCUT2D eigenvalue weighted by Gasteiger charge is -2.21. The summed E-state index contributed by atoms with van der Waals surface area (Å²) in [6.07, 6.45) is 2.94. The molecule has 110 valence electrons. The zero-order chi connectivity index (χ0) is 14.1. The molecule has 2 aliphatic heterocycles. The van der Waals surface area contributed by atoms with Crippen LogP contribution in [0.15, 0.2) is 0 Å². The van der Waals surface area contributed by atoms with Gasteiger partial charge in [-0.15, -0.1) is 0 Å². The molecule has 0 spiro atoms. The third-order valence-corrected chi connectivity index (χ3v) is 3.94. The highest BCUT2D eigenvalue weighted by molar-refractivity contribution is 5.68. The van der Waals surface area contributed by atoms with Crippen molar-refractivity contribution in [1.29, 1.82) is 0 Å². The van der Waals surface area contributed by atoms with Gasteiger partial charge in [0, 0.05) is 31.6 Å². The number of fused-ring (bicyclic) bond motifs is 1. The number of nitrogens with one attached hydrogen (secondary N) is 1. The fourth-order valence-corrected chi connectivity index (χ4v) is 2.76. The number of aromatic nitrogens is 2. The van der Waals surface area contributed by atoms with Gasteiger partial charge in [-0.3, -0.25) is 0 Å². The smallest absolute Gasteiger partial charge is 0.224 e. The van der Waals surface area contributed by atoms with Gasteiger partial charge in [-0.05, 0) is 12.8 Å². The Kier molecular flexibility index (Phi) is 3.52. The number of hydrogen-bond donors (Lipinski definition) is 3. The van der Waals surface area contributed by atoms with Gasteiger partial charge >= 0.3 is 0 Å². The first-order chi connectivity index (χ1) is 9.67. The van der Waals surface area contributed by atoms with E-state index in [-0.39, 0.29) is 12.0 Å². The molecule has 7 nitrogen and oxygen atoms in total. The molecule has 5 N–H and O–H groups in total. The van der Waals surface area contributed by atoms with Crippen molar-refractivity contribution >= 4 is 17.6 Å². The molecule has 1 fully saturated rings. The van der Waals surface area contributed by atoms with Crippen molar-refractivity contribution in [3.05, 3.63) is 0 Å². The first-order valence-corrected chi connectivity index (χ1v) is 7.24. The van der Waals surface area contributed by atoms with Gasteiger partial charge in [-0.25, -0.2) is 0 Å². The number of nitrogen functional groups attached to an aromatic ring is 1. The lowest BCUT2D eigenvalue weighted by Crippen LogP contribution is -2.27. The molecule has 0 amide bonds. The van der Waals surface area contributed by atoms with Gasteiger partial charge in [0.15, 0.2) is 11.6 Å². The van der Waals surface area contributed by atoms with Gasteiger partial charge in [-0.1, -0.05) is 6.92 Å². The van der Waals surface area contributed by atoms with E-state index in [4.69, 9.17) is 16.2 Å². The van der Waals surface area contributed by atoms with E-state index in [1.807, 2.05) is 0 Å². The molecule has 2 atom stereocenters. The van der Waals surface area contributed by atoms with Crippen molar-refractivity contribution in [3.63, 3.8) is 0 Å². The second kappa shape index (κ2) is 5.32. The molecule has 0 aliphatic carbocycles. The van der Waals surface area contributed by atoms with Crippen LogP contribution >= 0.6 is 0 Å². The topological polar surface area (TPSA) is 102 Å². The van der Waals surface area contributed by atoms with Crippen LogP contribution in [0, 0.1) is 0 Å². The molecule has 7 heteroatoms. The molecule has 0 bridgehead atoms. The summed E-state index contributed by atoms with van der Waals surface area (Å²) in [5, 5.41) is 3.41. The van der Waals surface area contributed by atoms with Crippen LogP contribution in [0.5, 0.6) is 5.75 Å². The quantitative estimate of drug-likeness (QED) is 0.726. The van der Waals surface area contributed by atoms with Crippen molar-refractivity contribution < 1.29 is 4.74 Å². The molecule has 3 heterocycles. The highest BCUT2D eigenvalue weighted by Crippen LogP contribution is 2.37. The molecule has 1 saturated heterocycles. The predicted molar refractivity (Wildman–Crippen MR) is 79.1 cm³/mol. The second-order valence-corrected chi connectivity index (χ2v) is 5.46. The standard InChI is InChI=1S/C13H22N6O/c1-2-9-4-6-20-10-11(16-9)17-13(15)18-12(10)19-5-3-8(14)7-19/h8-9H,2-7,14H2,1H3,(H3,15,16,17,18)/t8-,9-/m1/s1. The van der Waals surface area contributed by atoms with Gasteiger partial charge in [0.25, 0.3) is 0 Å². The Morgan fingerprint density at radius 3 is 2.95 bits per heavy atom. The van der Waals surface area contributed by atoms with E-state index in [2.05, 4.69) is 27.1 Å². The highest BCUT2D eigenvalue weighted by atomic mass is 16.5.